The van der Waals surface area contributed by atoms with Crippen molar-refractivity contribution in [1.82, 2.24) is 9.88 Å². The Morgan fingerprint density at radius 2 is 1.79 bits per heavy atom. The number of hydrogen-bond acceptors (Lipinski definition) is 3. The molecule has 1 aliphatic rings. The molecule has 0 spiro atoms. The Kier molecular flexibility index (Phi) is 5.99. The minimum Gasteiger partial charge on any atom is -0.317 e. The fourth-order valence-electron chi connectivity index (χ4n) is 4.27. The van der Waals surface area contributed by atoms with Crippen molar-refractivity contribution in [3.63, 3.8) is 0 Å². The van der Waals surface area contributed by atoms with Gasteiger partial charge in [0.2, 0.25) is 0 Å². The summed E-state index contributed by atoms with van der Waals surface area (Å²) in [7, 11) is 0. The molecule has 0 aliphatic carbocycles. The third-order valence-electron chi connectivity index (χ3n) is 5.86. The zero-order valence-corrected chi connectivity index (χ0v) is 19.7. The zero-order valence-electron chi connectivity index (χ0n) is 18.9. The minimum atomic E-state index is -0.593. The van der Waals surface area contributed by atoms with Gasteiger partial charge in [0.15, 0.2) is 5.11 Å². The summed E-state index contributed by atoms with van der Waals surface area (Å²) in [6.07, 6.45) is 2.46. The van der Waals surface area contributed by atoms with E-state index in [4.69, 9.17) is 12.2 Å². The number of amides is 2. The molecule has 0 radical (unpaired) electrons. The summed E-state index contributed by atoms with van der Waals surface area (Å²) in [5.41, 5.74) is 6.32. The van der Waals surface area contributed by atoms with Crippen LogP contribution in [0.25, 0.3) is 11.8 Å². The van der Waals surface area contributed by atoms with Crippen LogP contribution < -0.4 is 10.2 Å². The van der Waals surface area contributed by atoms with Crippen LogP contribution in [-0.4, -0.2) is 21.5 Å². The molecule has 7 heteroatoms. The lowest BCUT2D eigenvalue weighted by Crippen LogP contribution is -2.54. The van der Waals surface area contributed by atoms with E-state index in [2.05, 4.69) is 35.9 Å². The Morgan fingerprint density at radius 3 is 2.48 bits per heavy atom. The van der Waals surface area contributed by atoms with E-state index in [1.165, 1.54) is 23.8 Å². The average molecular weight is 462 g/mol. The van der Waals surface area contributed by atoms with Crippen LogP contribution in [-0.2, 0) is 16.0 Å². The summed E-state index contributed by atoms with van der Waals surface area (Å²) < 4.78 is 15.9. The summed E-state index contributed by atoms with van der Waals surface area (Å²) in [6, 6.07) is 13.7. The van der Waals surface area contributed by atoms with Gasteiger partial charge in [0, 0.05) is 11.4 Å². The summed E-state index contributed by atoms with van der Waals surface area (Å²) in [6.45, 7) is 8.15. The number of thiocarbonyl (C=S) groups is 1. The first-order valence-electron chi connectivity index (χ1n) is 10.7. The van der Waals surface area contributed by atoms with E-state index >= 15 is 0 Å². The second-order valence-electron chi connectivity index (χ2n) is 8.04. The van der Waals surface area contributed by atoms with Crippen molar-refractivity contribution in [2.75, 3.05) is 4.90 Å². The smallest absolute Gasteiger partial charge is 0.270 e. The molecule has 0 unspecified atom stereocenters. The lowest BCUT2D eigenvalue weighted by Gasteiger charge is -2.28. The predicted molar refractivity (Wildman–Crippen MR) is 132 cm³/mol. The average Bonchev–Trinajstić information content (AvgIpc) is 3.03. The molecule has 168 valence electrons. The highest BCUT2D eigenvalue weighted by atomic mass is 32.1. The maximum absolute atomic E-state index is 13.8. The van der Waals surface area contributed by atoms with Crippen molar-refractivity contribution in [3.05, 3.63) is 88.0 Å². The Labute approximate surface area is 197 Å². The molecule has 1 aliphatic heterocycles. The maximum atomic E-state index is 13.8. The van der Waals surface area contributed by atoms with Gasteiger partial charge in [0.25, 0.3) is 11.8 Å². The van der Waals surface area contributed by atoms with Gasteiger partial charge >= 0.3 is 0 Å². The summed E-state index contributed by atoms with van der Waals surface area (Å²) in [5, 5.41) is 2.47. The first kappa shape index (κ1) is 22.6. The number of aromatic nitrogens is 1. The van der Waals surface area contributed by atoms with Crippen LogP contribution in [0.5, 0.6) is 0 Å². The molecule has 1 N–H and O–H groups in total. The number of anilines is 1. The van der Waals surface area contributed by atoms with Crippen LogP contribution in [0.4, 0.5) is 10.1 Å². The molecule has 1 saturated heterocycles. The van der Waals surface area contributed by atoms with Crippen LogP contribution in [0, 0.1) is 26.6 Å². The van der Waals surface area contributed by atoms with E-state index in [1.807, 2.05) is 26.0 Å². The zero-order chi connectivity index (χ0) is 23.9. The number of para-hydroxylation sites is 1. The lowest BCUT2D eigenvalue weighted by atomic mass is 10.0. The molecule has 4 rings (SSSR count). The largest absolute Gasteiger partial charge is 0.317 e. The number of carbonyl (C=O) groups is 2. The number of carbonyl (C=O) groups excluding carboxylic acids is 2. The molecule has 2 aromatic carbocycles. The number of nitrogens with zero attached hydrogens (tertiary/aromatic N) is 2. The lowest BCUT2D eigenvalue weighted by molar-refractivity contribution is -0.122. The quantitative estimate of drug-likeness (QED) is 0.340. The number of nitrogens with one attached hydrogen (secondary N) is 1. The van der Waals surface area contributed by atoms with Crippen LogP contribution in [0.2, 0.25) is 0 Å². The molecule has 33 heavy (non-hydrogen) atoms. The third-order valence-corrected chi connectivity index (χ3v) is 6.15. The molecule has 1 fully saturated rings. The van der Waals surface area contributed by atoms with E-state index in [1.54, 1.807) is 12.1 Å². The minimum absolute atomic E-state index is 0.0615. The Bertz CT molecular complexity index is 1340. The van der Waals surface area contributed by atoms with E-state index in [0.717, 1.165) is 39.5 Å². The number of halogens is 1. The van der Waals surface area contributed by atoms with Gasteiger partial charge in [-0.3, -0.25) is 19.8 Å². The van der Waals surface area contributed by atoms with Gasteiger partial charge < -0.3 is 4.57 Å². The van der Waals surface area contributed by atoms with Crippen molar-refractivity contribution in [1.29, 1.82) is 0 Å². The van der Waals surface area contributed by atoms with Gasteiger partial charge in [-0.05, 0) is 86.4 Å². The monoisotopic (exact) mass is 461 g/mol. The molecule has 0 bridgehead atoms. The SMILES string of the molecule is CCc1cccc(C)c1-n1c(C)cc(/C=C2\C(=O)NC(=S)N(c3cccc(F)c3)C2=O)c1C. The number of benzene rings is 2. The fourth-order valence-corrected chi connectivity index (χ4v) is 4.55. The van der Waals surface area contributed by atoms with Gasteiger partial charge in [-0.1, -0.05) is 31.2 Å². The van der Waals surface area contributed by atoms with E-state index in [0.29, 0.717) is 0 Å². The highest BCUT2D eigenvalue weighted by Gasteiger charge is 2.35. The van der Waals surface area contributed by atoms with E-state index < -0.39 is 17.6 Å². The summed E-state index contributed by atoms with van der Waals surface area (Å²) >= 11 is 5.20. The van der Waals surface area contributed by atoms with Crippen LogP contribution in [0.15, 0.2) is 54.1 Å². The van der Waals surface area contributed by atoms with Crippen molar-refractivity contribution in [2.45, 2.75) is 34.1 Å². The Hall–Kier alpha value is -3.58. The first-order valence-corrected chi connectivity index (χ1v) is 11.1. The van der Waals surface area contributed by atoms with Crippen molar-refractivity contribution < 1.29 is 14.0 Å². The Morgan fingerprint density at radius 1 is 1.06 bits per heavy atom. The third kappa shape index (κ3) is 4.00. The first-order chi connectivity index (χ1) is 15.7. The predicted octanol–water partition coefficient (Wildman–Crippen LogP) is 4.94. The highest BCUT2D eigenvalue weighted by Crippen LogP contribution is 2.29. The maximum Gasteiger partial charge on any atom is 0.270 e. The summed E-state index contributed by atoms with van der Waals surface area (Å²) in [4.78, 5) is 27.1. The van der Waals surface area contributed by atoms with Crippen LogP contribution in [0.1, 0.15) is 35.0 Å². The van der Waals surface area contributed by atoms with E-state index in [9.17, 15) is 14.0 Å². The van der Waals surface area contributed by atoms with Crippen molar-refractivity contribution in [2.24, 2.45) is 0 Å². The van der Waals surface area contributed by atoms with E-state index in [-0.39, 0.29) is 16.4 Å². The van der Waals surface area contributed by atoms with Gasteiger partial charge in [-0.25, -0.2) is 4.39 Å². The molecule has 0 atom stereocenters. The van der Waals surface area contributed by atoms with Crippen LogP contribution >= 0.6 is 12.2 Å². The fraction of sp³-hybridized carbons (Fsp3) is 0.192. The van der Waals surface area contributed by atoms with Gasteiger partial charge in [0.1, 0.15) is 11.4 Å². The second kappa shape index (κ2) is 8.75. The molecular weight excluding hydrogens is 437 g/mol. The second-order valence-corrected chi connectivity index (χ2v) is 8.42. The molecule has 3 aromatic rings. The van der Waals surface area contributed by atoms with Gasteiger partial charge in [-0.2, -0.15) is 0 Å². The van der Waals surface area contributed by atoms with Crippen molar-refractivity contribution in [3.8, 4) is 5.69 Å². The number of rotatable bonds is 4. The van der Waals surface area contributed by atoms with Crippen LogP contribution in [0.3, 0.4) is 0 Å². The molecule has 1 aromatic heterocycles. The molecule has 2 amide bonds. The normalized spacial score (nSPS) is 15.4. The molecule has 5 nitrogen and oxygen atoms in total. The number of aryl methyl sites for hydroxylation is 3. The molecule has 2 heterocycles. The topological polar surface area (TPSA) is 54.3 Å². The summed E-state index contributed by atoms with van der Waals surface area (Å²) in [5.74, 6) is -1.67. The number of hydrogen-bond donors (Lipinski definition) is 1. The standard InChI is InChI=1S/C26H24FN3O2S/c1-5-18-9-6-8-15(2)23(18)29-16(3)12-19(17(29)4)13-22-24(31)28-26(33)30(25(22)32)21-11-7-10-20(27)14-21/h6-14H,5H2,1-4H3,(H,28,31,33)/b22-13+. The Balaban J connectivity index is 1.81. The molecular formula is C26H24FN3O2S. The van der Waals surface area contributed by atoms with Gasteiger partial charge in [-0.15, -0.1) is 0 Å². The van der Waals surface area contributed by atoms with Crippen molar-refractivity contribution >= 4 is 40.9 Å². The molecule has 0 saturated carbocycles. The highest BCUT2D eigenvalue weighted by molar-refractivity contribution is 7.80. The van der Waals surface area contributed by atoms with Gasteiger partial charge in [0.05, 0.1) is 11.4 Å².